The van der Waals surface area contributed by atoms with Crippen molar-refractivity contribution in [2.45, 2.75) is 0 Å². The van der Waals surface area contributed by atoms with E-state index in [1.54, 1.807) is 18.5 Å². The van der Waals surface area contributed by atoms with E-state index >= 15 is 0 Å². The zero-order valence-corrected chi connectivity index (χ0v) is 7.13. The molecule has 2 rings (SSSR count). The minimum atomic E-state index is -0.208. The van der Waals surface area contributed by atoms with E-state index in [4.69, 9.17) is 0 Å². The molecule has 0 saturated heterocycles. The molecule has 0 aliphatic carbocycles. The smallest absolute Gasteiger partial charge is 0.238 e. The van der Waals surface area contributed by atoms with E-state index in [2.05, 4.69) is 26.2 Å². The number of allylic oxidation sites excluding steroid dienone is 1. The molecule has 0 aromatic rings. The molecule has 1 atom stereocenters. The van der Waals surface area contributed by atoms with Crippen LogP contribution in [0.4, 0.5) is 0 Å². The molecule has 0 radical (unpaired) electrons. The Kier molecular flexibility index (Phi) is 1.42. The summed E-state index contributed by atoms with van der Waals surface area (Å²) in [4.78, 5) is 15.2. The van der Waals surface area contributed by atoms with Crippen LogP contribution in [-0.2, 0) is 4.79 Å². The van der Waals surface area contributed by atoms with Gasteiger partial charge >= 0.3 is 0 Å². The van der Waals surface area contributed by atoms with Gasteiger partial charge in [-0.25, -0.2) is 0 Å². The lowest BCUT2D eigenvalue weighted by Gasteiger charge is -2.14. The van der Waals surface area contributed by atoms with Crippen molar-refractivity contribution in [1.29, 1.82) is 0 Å². The van der Waals surface area contributed by atoms with Crippen LogP contribution in [0.2, 0.25) is 0 Å². The highest BCUT2D eigenvalue weighted by molar-refractivity contribution is 9.11. The van der Waals surface area contributed by atoms with Gasteiger partial charge < -0.3 is 5.32 Å². The normalized spacial score (nSPS) is 27.4. The van der Waals surface area contributed by atoms with Crippen LogP contribution >= 0.6 is 15.9 Å². The fourth-order valence-electron chi connectivity index (χ4n) is 1.12. The number of rotatable bonds is 0. The molecule has 0 aromatic carbocycles. The van der Waals surface area contributed by atoms with Gasteiger partial charge in [0, 0.05) is 16.9 Å². The molecule has 2 heterocycles. The zero-order valence-electron chi connectivity index (χ0n) is 5.54. The highest BCUT2D eigenvalue weighted by atomic mass is 79.9. The molecule has 2 aliphatic rings. The first-order valence-corrected chi connectivity index (χ1v) is 3.98. The Balaban J connectivity index is 2.42. The van der Waals surface area contributed by atoms with E-state index in [-0.39, 0.29) is 11.8 Å². The summed E-state index contributed by atoms with van der Waals surface area (Å²) in [5.41, 5.74) is 0.806. The molecule has 56 valence electrons. The molecule has 0 bridgehead atoms. The Bertz CT molecular complexity index is 304. The van der Waals surface area contributed by atoms with Crippen LogP contribution < -0.4 is 5.32 Å². The SMILES string of the molecule is O=C1NC=CC2=NC=C(Br)C12. The lowest BCUT2D eigenvalue weighted by atomic mass is 10.0. The van der Waals surface area contributed by atoms with Crippen LogP contribution in [0.3, 0.4) is 0 Å². The van der Waals surface area contributed by atoms with Crippen LogP contribution in [0.5, 0.6) is 0 Å². The largest absolute Gasteiger partial charge is 0.332 e. The van der Waals surface area contributed by atoms with Crippen molar-refractivity contribution in [2.75, 3.05) is 0 Å². The first-order valence-electron chi connectivity index (χ1n) is 3.19. The maximum absolute atomic E-state index is 11.2. The molecule has 0 spiro atoms. The fourth-order valence-corrected chi connectivity index (χ4v) is 1.66. The minimum Gasteiger partial charge on any atom is -0.332 e. The average Bonchev–Trinajstić information content (AvgIpc) is 2.34. The molecular weight excluding hydrogens is 208 g/mol. The van der Waals surface area contributed by atoms with Gasteiger partial charge in [-0.2, -0.15) is 0 Å². The van der Waals surface area contributed by atoms with E-state index in [0.29, 0.717) is 0 Å². The summed E-state index contributed by atoms with van der Waals surface area (Å²) in [5, 5.41) is 2.61. The number of nitrogens with zero attached hydrogens (tertiary/aromatic N) is 1. The van der Waals surface area contributed by atoms with Crippen molar-refractivity contribution in [3.8, 4) is 0 Å². The molecule has 3 nitrogen and oxygen atoms in total. The molecule has 0 aromatic heterocycles. The fraction of sp³-hybridized carbons (Fsp3) is 0.143. The first kappa shape index (κ1) is 6.79. The Hall–Kier alpha value is -0.900. The third-order valence-electron chi connectivity index (χ3n) is 1.65. The quantitative estimate of drug-likeness (QED) is 0.639. The Morgan fingerprint density at radius 3 is 3.18 bits per heavy atom. The number of amides is 1. The van der Waals surface area contributed by atoms with Crippen molar-refractivity contribution in [1.82, 2.24) is 5.32 Å². The number of hydrogen-bond donors (Lipinski definition) is 1. The third kappa shape index (κ3) is 0.939. The summed E-state index contributed by atoms with van der Waals surface area (Å²) in [6.07, 6.45) is 5.07. The highest BCUT2D eigenvalue weighted by Gasteiger charge is 2.30. The maximum atomic E-state index is 11.2. The standard InChI is InChI=1S/C7H5BrN2O/c8-4-3-10-5-1-2-9-7(11)6(4)5/h1-3,6H,(H,9,11). The van der Waals surface area contributed by atoms with Crippen LogP contribution in [0.1, 0.15) is 0 Å². The summed E-state index contributed by atoms with van der Waals surface area (Å²) < 4.78 is 0.828. The number of fused-ring (bicyclic) bond motifs is 1. The van der Waals surface area contributed by atoms with Gasteiger partial charge in [-0.05, 0) is 6.08 Å². The van der Waals surface area contributed by atoms with E-state index < -0.39 is 0 Å². The molecule has 2 aliphatic heterocycles. The number of nitrogens with one attached hydrogen (secondary N) is 1. The molecule has 1 unspecified atom stereocenters. The highest BCUT2D eigenvalue weighted by Crippen LogP contribution is 2.27. The predicted molar refractivity (Wildman–Crippen MR) is 45.2 cm³/mol. The molecule has 1 N–H and O–H groups in total. The lowest BCUT2D eigenvalue weighted by Crippen LogP contribution is -2.34. The molecule has 0 saturated carbocycles. The molecular formula is C7H5BrN2O. The van der Waals surface area contributed by atoms with Gasteiger partial charge in [-0.1, -0.05) is 15.9 Å². The van der Waals surface area contributed by atoms with Crippen LogP contribution in [0.25, 0.3) is 0 Å². The average molecular weight is 213 g/mol. The third-order valence-corrected chi connectivity index (χ3v) is 2.31. The number of halogens is 1. The molecule has 4 heteroatoms. The van der Waals surface area contributed by atoms with E-state index in [1.807, 2.05) is 0 Å². The second-order valence-corrected chi connectivity index (χ2v) is 3.26. The number of aliphatic imine (C=N–C) groups is 1. The summed E-state index contributed by atoms with van der Waals surface area (Å²) in [6.45, 7) is 0. The lowest BCUT2D eigenvalue weighted by molar-refractivity contribution is -0.121. The summed E-state index contributed by atoms with van der Waals surface area (Å²) >= 11 is 3.27. The van der Waals surface area contributed by atoms with E-state index in [9.17, 15) is 4.79 Å². The summed E-state index contributed by atoms with van der Waals surface area (Å²) in [7, 11) is 0. The topological polar surface area (TPSA) is 41.5 Å². The van der Waals surface area contributed by atoms with Gasteiger partial charge in [0.15, 0.2) is 0 Å². The molecule has 11 heavy (non-hydrogen) atoms. The summed E-state index contributed by atoms with van der Waals surface area (Å²) in [5.74, 6) is -0.230. The van der Waals surface area contributed by atoms with Crippen LogP contribution in [0.15, 0.2) is 28.0 Å². The van der Waals surface area contributed by atoms with Crippen LogP contribution in [-0.4, -0.2) is 11.6 Å². The van der Waals surface area contributed by atoms with Gasteiger partial charge in [0.25, 0.3) is 0 Å². The van der Waals surface area contributed by atoms with Crippen molar-refractivity contribution in [2.24, 2.45) is 10.9 Å². The minimum absolute atomic E-state index is 0.0214. The van der Waals surface area contributed by atoms with Gasteiger partial charge in [-0.3, -0.25) is 9.79 Å². The first-order chi connectivity index (χ1) is 5.29. The second kappa shape index (κ2) is 2.30. The van der Waals surface area contributed by atoms with Crippen molar-refractivity contribution < 1.29 is 4.79 Å². The Morgan fingerprint density at radius 1 is 1.64 bits per heavy atom. The van der Waals surface area contributed by atoms with Crippen molar-refractivity contribution in [3.63, 3.8) is 0 Å². The Labute approximate surface area is 72.0 Å². The van der Waals surface area contributed by atoms with Crippen LogP contribution in [0, 0.1) is 5.92 Å². The molecule has 1 amide bonds. The predicted octanol–water partition coefficient (Wildman–Crippen LogP) is 0.937. The number of carbonyl (C=O) groups excluding carboxylic acids is 1. The zero-order chi connectivity index (χ0) is 7.84. The van der Waals surface area contributed by atoms with Gasteiger partial charge in [0.1, 0.15) is 5.92 Å². The number of hydrogen-bond acceptors (Lipinski definition) is 2. The second-order valence-electron chi connectivity index (χ2n) is 2.34. The Morgan fingerprint density at radius 2 is 2.45 bits per heavy atom. The van der Waals surface area contributed by atoms with E-state index in [1.165, 1.54) is 0 Å². The monoisotopic (exact) mass is 212 g/mol. The maximum Gasteiger partial charge on any atom is 0.238 e. The van der Waals surface area contributed by atoms with Crippen molar-refractivity contribution >= 4 is 27.5 Å². The molecule has 0 fully saturated rings. The van der Waals surface area contributed by atoms with Gasteiger partial charge in [-0.15, -0.1) is 0 Å². The van der Waals surface area contributed by atoms with Crippen molar-refractivity contribution in [3.05, 3.63) is 23.0 Å². The van der Waals surface area contributed by atoms with Gasteiger partial charge in [0.2, 0.25) is 5.91 Å². The van der Waals surface area contributed by atoms with E-state index in [0.717, 1.165) is 10.2 Å². The summed E-state index contributed by atoms with van der Waals surface area (Å²) in [6, 6.07) is 0. The number of carbonyl (C=O) groups is 1. The van der Waals surface area contributed by atoms with Gasteiger partial charge in [0.05, 0.1) is 5.71 Å².